The van der Waals surface area contributed by atoms with E-state index in [9.17, 15) is 19.7 Å². The molecule has 0 saturated heterocycles. The summed E-state index contributed by atoms with van der Waals surface area (Å²) in [6.07, 6.45) is 0. The zero-order valence-corrected chi connectivity index (χ0v) is 16.7. The summed E-state index contributed by atoms with van der Waals surface area (Å²) in [5, 5.41) is 15.4. The number of carbonyl (C=O) groups excluding carboxylic acids is 2. The number of nitrogens with one attached hydrogen (secondary N) is 1. The van der Waals surface area contributed by atoms with E-state index in [1.165, 1.54) is 25.7 Å². The molecule has 0 fully saturated rings. The quantitative estimate of drug-likeness (QED) is 0.263. The molecule has 1 amide bonds. The summed E-state index contributed by atoms with van der Waals surface area (Å²) >= 11 is 0.984. The van der Waals surface area contributed by atoms with E-state index in [2.05, 4.69) is 10.3 Å². The predicted molar refractivity (Wildman–Crippen MR) is 103 cm³/mol. The van der Waals surface area contributed by atoms with Gasteiger partial charge in [-0.15, -0.1) is 11.3 Å². The molecule has 2 rings (SSSR count). The van der Waals surface area contributed by atoms with Crippen molar-refractivity contribution in [3.8, 4) is 11.5 Å². The zero-order valence-electron chi connectivity index (χ0n) is 15.9. The van der Waals surface area contributed by atoms with E-state index in [1.54, 1.807) is 6.92 Å². The van der Waals surface area contributed by atoms with E-state index in [0.29, 0.717) is 0 Å². The second kappa shape index (κ2) is 10.3. The Morgan fingerprint density at radius 2 is 2.00 bits per heavy atom. The summed E-state index contributed by atoms with van der Waals surface area (Å²) < 4.78 is 20.3. The van der Waals surface area contributed by atoms with Crippen LogP contribution in [0, 0.1) is 10.1 Å². The molecule has 0 bridgehead atoms. The summed E-state index contributed by atoms with van der Waals surface area (Å²) in [6, 6.07) is 2.31. The van der Waals surface area contributed by atoms with Gasteiger partial charge in [-0.1, -0.05) is 0 Å². The Bertz CT molecular complexity index is 899. The van der Waals surface area contributed by atoms with Gasteiger partial charge >= 0.3 is 5.97 Å². The van der Waals surface area contributed by atoms with Crippen molar-refractivity contribution in [2.75, 3.05) is 39.4 Å². The van der Waals surface area contributed by atoms with Crippen molar-refractivity contribution in [2.24, 2.45) is 0 Å². The smallest absolute Gasteiger partial charge is 0.357 e. The largest absolute Gasteiger partial charge is 0.493 e. The van der Waals surface area contributed by atoms with Crippen molar-refractivity contribution in [1.82, 2.24) is 4.98 Å². The van der Waals surface area contributed by atoms with Gasteiger partial charge in [0.25, 0.3) is 11.6 Å². The number of anilines is 1. The molecule has 1 aromatic carbocycles. The van der Waals surface area contributed by atoms with Crippen LogP contribution in [0.2, 0.25) is 0 Å². The van der Waals surface area contributed by atoms with Crippen molar-refractivity contribution in [1.29, 1.82) is 0 Å². The molecule has 1 aromatic heterocycles. The van der Waals surface area contributed by atoms with Crippen LogP contribution in [-0.2, 0) is 9.47 Å². The van der Waals surface area contributed by atoms with Crippen molar-refractivity contribution in [2.45, 2.75) is 6.92 Å². The van der Waals surface area contributed by atoms with Gasteiger partial charge in [-0.2, -0.15) is 0 Å². The highest BCUT2D eigenvalue weighted by Crippen LogP contribution is 2.35. The van der Waals surface area contributed by atoms with Crippen LogP contribution in [0.15, 0.2) is 17.5 Å². The molecule has 2 aromatic rings. The number of hydrogen-bond donors (Lipinski definition) is 1. The van der Waals surface area contributed by atoms with E-state index >= 15 is 0 Å². The third kappa shape index (κ3) is 5.62. The third-order valence-electron chi connectivity index (χ3n) is 3.48. The molecule has 0 spiro atoms. The van der Waals surface area contributed by atoms with Crippen molar-refractivity contribution in [3.05, 3.63) is 38.9 Å². The van der Waals surface area contributed by atoms with Crippen molar-refractivity contribution < 1.29 is 33.5 Å². The Labute approximate surface area is 169 Å². The second-order valence-electron chi connectivity index (χ2n) is 5.33. The van der Waals surface area contributed by atoms with Gasteiger partial charge in [0.15, 0.2) is 22.3 Å². The molecule has 11 nitrogen and oxygen atoms in total. The molecule has 29 heavy (non-hydrogen) atoms. The molecule has 0 aliphatic carbocycles. The van der Waals surface area contributed by atoms with Gasteiger partial charge in [0.2, 0.25) is 0 Å². The zero-order chi connectivity index (χ0) is 21.4. The fourth-order valence-corrected chi connectivity index (χ4v) is 2.86. The number of ether oxygens (including phenoxy) is 4. The number of nitrogens with zero attached hydrogens (tertiary/aromatic N) is 2. The Morgan fingerprint density at radius 3 is 2.62 bits per heavy atom. The highest BCUT2D eigenvalue weighted by Gasteiger charge is 2.26. The van der Waals surface area contributed by atoms with Gasteiger partial charge in [-0.3, -0.25) is 20.2 Å². The maximum atomic E-state index is 12.6. The normalized spacial score (nSPS) is 10.3. The fourth-order valence-electron chi connectivity index (χ4n) is 2.18. The van der Waals surface area contributed by atoms with Gasteiger partial charge in [-0.05, 0) is 6.92 Å². The van der Waals surface area contributed by atoms with E-state index in [1.807, 2.05) is 0 Å². The lowest BCUT2D eigenvalue weighted by molar-refractivity contribution is -0.385. The number of aromatic nitrogens is 1. The molecule has 12 heteroatoms. The lowest BCUT2D eigenvalue weighted by Crippen LogP contribution is -2.15. The first-order chi connectivity index (χ1) is 13.9. The molecule has 156 valence electrons. The maximum absolute atomic E-state index is 12.6. The first kappa shape index (κ1) is 22.0. The first-order valence-corrected chi connectivity index (χ1v) is 9.21. The number of amides is 1. The van der Waals surface area contributed by atoms with Crippen molar-refractivity contribution >= 4 is 34.0 Å². The molecule has 0 unspecified atom stereocenters. The molecule has 0 atom stereocenters. The molecule has 1 heterocycles. The second-order valence-corrected chi connectivity index (χ2v) is 6.19. The highest BCUT2D eigenvalue weighted by molar-refractivity contribution is 7.14. The number of benzene rings is 1. The first-order valence-electron chi connectivity index (χ1n) is 8.33. The number of hydrogen-bond acceptors (Lipinski definition) is 10. The maximum Gasteiger partial charge on any atom is 0.357 e. The topological polar surface area (TPSA) is 139 Å². The number of nitro groups is 1. The minimum Gasteiger partial charge on any atom is -0.493 e. The van der Waals surface area contributed by atoms with Crippen LogP contribution in [0.25, 0.3) is 0 Å². The molecule has 0 aliphatic rings. The van der Waals surface area contributed by atoms with Crippen LogP contribution in [0.3, 0.4) is 0 Å². The van der Waals surface area contributed by atoms with Crippen LogP contribution in [0.4, 0.5) is 10.8 Å². The summed E-state index contributed by atoms with van der Waals surface area (Å²) in [5.41, 5.74) is -0.696. The lowest BCUT2D eigenvalue weighted by Gasteiger charge is -2.12. The summed E-state index contributed by atoms with van der Waals surface area (Å²) in [7, 11) is 2.83. The predicted octanol–water partition coefficient (Wildman–Crippen LogP) is 2.51. The minimum atomic E-state index is -0.789. The highest BCUT2D eigenvalue weighted by atomic mass is 32.1. The third-order valence-corrected chi connectivity index (χ3v) is 4.24. The number of nitro benzene ring substituents is 1. The van der Waals surface area contributed by atoms with Crippen LogP contribution in [0.5, 0.6) is 11.5 Å². The van der Waals surface area contributed by atoms with Crippen LogP contribution in [0.1, 0.15) is 27.8 Å². The van der Waals surface area contributed by atoms with Crippen LogP contribution >= 0.6 is 11.3 Å². The Balaban J connectivity index is 2.28. The summed E-state index contributed by atoms with van der Waals surface area (Å²) in [6.45, 7) is 2.25. The molecule has 1 N–H and O–H groups in total. The SMILES string of the molecule is CCOC(=O)c1csc(NC(=O)c2cc(OC)c(OCCOC)cc2[N+](=O)[O-])n1. The van der Waals surface area contributed by atoms with E-state index in [-0.39, 0.29) is 47.7 Å². The standard InChI is InChI=1S/C17H19N3O8S/c1-4-27-16(22)11-9-29-17(18-11)19-15(21)10-7-13(26-3)14(28-6-5-25-2)8-12(10)20(23)24/h7-9H,4-6H2,1-3H3,(H,18,19,21). The number of thiazole rings is 1. The number of methoxy groups -OCH3 is 2. The molecule has 0 saturated carbocycles. The monoisotopic (exact) mass is 425 g/mol. The van der Waals surface area contributed by atoms with Gasteiger partial charge in [0.1, 0.15) is 12.2 Å². The van der Waals surface area contributed by atoms with Crippen LogP contribution in [-0.4, -0.2) is 55.8 Å². The lowest BCUT2D eigenvalue weighted by atomic mass is 10.1. The Hall–Kier alpha value is -3.25. The summed E-state index contributed by atoms with van der Waals surface area (Å²) in [5.74, 6) is -1.17. The Morgan fingerprint density at radius 1 is 1.24 bits per heavy atom. The van der Waals surface area contributed by atoms with E-state index in [4.69, 9.17) is 18.9 Å². The number of carbonyl (C=O) groups is 2. The average molecular weight is 425 g/mol. The molecular weight excluding hydrogens is 406 g/mol. The van der Waals surface area contributed by atoms with Gasteiger partial charge in [-0.25, -0.2) is 9.78 Å². The molecule has 0 radical (unpaired) electrons. The van der Waals surface area contributed by atoms with Gasteiger partial charge in [0, 0.05) is 18.6 Å². The van der Waals surface area contributed by atoms with Crippen LogP contribution < -0.4 is 14.8 Å². The average Bonchev–Trinajstić information content (AvgIpc) is 3.16. The Kier molecular flexibility index (Phi) is 7.86. The molecular formula is C17H19N3O8S. The van der Waals surface area contributed by atoms with Gasteiger partial charge < -0.3 is 18.9 Å². The minimum absolute atomic E-state index is 0.0288. The van der Waals surface area contributed by atoms with Crippen molar-refractivity contribution in [3.63, 3.8) is 0 Å². The number of esters is 1. The number of rotatable bonds is 10. The molecule has 0 aliphatic heterocycles. The van der Waals surface area contributed by atoms with E-state index < -0.39 is 22.5 Å². The van der Waals surface area contributed by atoms with E-state index in [0.717, 1.165) is 17.4 Å². The fraction of sp³-hybridized carbons (Fsp3) is 0.353. The summed E-state index contributed by atoms with van der Waals surface area (Å²) in [4.78, 5) is 39.0. The van der Waals surface area contributed by atoms with Gasteiger partial charge in [0.05, 0.1) is 31.3 Å².